The molecule has 0 aliphatic carbocycles. The Morgan fingerprint density at radius 2 is 1.88 bits per heavy atom. The summed E-state index contributed by atoms with van der Waals surface area (Å²) in [6.45, 7) is 1.07. The Kier molecular flexibility index (Phi) is 6.63. The number of aliphatic carboxylic acids is 1. The molecule has 2 aromatic carbocycles. The van der Waals surface area contributed by atoms with Gasteiger partial charge in [-0.05, 0) is 54.8 Å². The van der Waals surface area contributed by atoms with Crippen molar-refractivity contribution in [1.82, 2.24) is 0 Å². The Bertz CT molecular complexity index is 908. The summed E-state index contributed by atoms with van der Waals surface area (Å²) in [5.41, 5.74) is 1.88. The molecular weight excluding hydrogens is 380 g/mol. The van der Waals surface area contributed by atoms with Crippen LogP contribution in [0, 0.1) is 6.92 Å². The summed E-state index contributed by atoms with van der Waals surface area (Å²) in [4.78, 5) is 10.9. The van der Waals surface area contributed by atoms with Crippen LogP contribution in [0.5, 0.6) is 5.75 Å². The van der Waals surface area contributed by atoms with Gasteiger partial charge in [-0.3, -0.25) is 0 Å². The van der Waals surface area contributed by atoms with E-state index >= 15 is 0 Å². The average Bonchev–Trinajstić information content (AvgIpc) is 2.59. The highest BCUT2D eigenvalue weighted by atomic mass is 35.5. The van der Waals surface area contributed by atoms with Gasteiger partial charge in [0.25, 0.3) is 0 Å². The third-order valence-electron chi connectivity index (χ3n) is 3.72. The number of sulfone groups is 1. The van der Waals surface area contributed by atoms with Crippen molar-refractivity contribution in [3.05, 3.63) is 47.0 Å². The molecule has 0 aromatic heterocycles. The third kappa shape index (κ3) is 4.97. The second-order valence-corrected chi connectivity index (χ2v) is 8.24. The maximum atomic E-state index is 12.4. The second kappa shape index (κ2) is 8.53. The maximum Gasteiger partial charge on any atom is 0.341 e. The first-order valence-corrected chi connectivity index (χ1v) is 9.86. The van der Waals surface area contributed by atoms with Crippen molar-refractivity contribution in [2.75, 3.05) is 19.0 Å². The standard InChI is InChI=1S/C18H19ClO6S/c1-12-3-5-14(26(23,24)8-2-7-20)10-15(12)16-9-13(19)4-6-17(16)25-11-18(21)22/h3-6,9-10,20H,2,7-8,11H2,1H3,(H,21,22). The lowest BCUT2D eigenvalue weighted by atomic mass is 10.00. The number of carboxylic acid groups (broad SMARTS) is 1. The third-order valence-corrected chi connectivity index (χ3v) is 5.76. The molecule has 0 bridgehead atoms. The van der Waals surface area contributed by atoms with E-state index in [1.165, 1.54) is 12.1 Å². The number of rotatable bonds is 8. The molecule has 0 fully saturated rings. The number of aryl methyl sites for hydroxylation is 1. The minimum Gasteiger partial charge on any atom is -0.481 e. The summed E-state index contributed by atoms with van der Waals surface area (Å²) in [5, 5.41) is 18.1. The summed E-state index contributed by atoms with van der Waals surface area (Å²) >= 11 is 6.06. The van der Waals surface area contributed by atoms with Gasteiger partial charge < -0.3 is 14.9 Å². The highest BCUT2D eigenvalue weighted by molar-refractivity contribution is 7.91. The van der Waals surface area contributed by atoms with Gasteiger partial charge in [-0.1, -0.05) is 17.7 Å². The molecule has 2 N–H and O–H groups in total. The number of hydrogen-bond acceptors (Lipinski definition) is 5. The van der Waals surface area contributed by atoms with Gasteiger partial charge in [0.15, 0.2) is 16.4 Å². The molecule has 0 amide bonds. The van der Waals surface area contributed by atoms with Gasteiger partial charge in [0, 0.05) is 17.2 Å². The molecule has 0 aliphatic rings. The van der Waals surface area contributed by atoms with Gasteiger partial charge in [-0.25, -0.2) is 13.2 Å². The molecule has 0 radical (unpaired) electrons. The Labute approximate surface area is 156 Å². The van der Waals surface area contributed by atoms with E-state index in [1.54, 1.807) is 31.2 Å². The zero-order chi connectivity index (χ0) is 19.3. The maximum absolute atomic E-state index is 12.4. The molecule has 2 rings (SSSR count). The first-order chi connectivity index (χ1) is 12.2. The van der Waals surface area contributed by atoms with E-state index in [1.807, 2.05) is 0 Å². The Morgan fingerprint density at radius 3 is 2.54 bits per heavy atom. The van der Waals surface area contributed by atoms with E-state index in [0.717, 1.165) is 5.56 Å². The zero-order valence-electron chi connectivity index (χ0n) is 14.1. The van der Waals surface area contributed by atoms with E-state index in [0.29, 0.717) is 21.9 Å². The van der Waals surface area contributed by atoms with Crippen molar-refractivity contribution >= 4 is 27.4 Å². The Balaban J connectivity index is 2.53. The number of aliphatic hydroxyl groups is 1. The van der Waals surface area contributed by atoms with Crippen LogP contribution in [-0.4, -0.2) is 43.6 Å². The molecule has 140 valence electrons. The van der Waals surface area contributed by atoms with Crippen molar-refractivity contribution in [1.29, 1.82) is 0 Å². The number of aliphatic hydroxyl groups excluding tert-OH is 1. The fourth-order valence-electron chi connectivity index (χ4n) is 2.44. The van der Waals surface area contributed by atoms with Crippen molar-refractivity contribution in [3.8, 4) is 16.9 Å². The lowest BCUT2D eigenvalue weighted by Gasteiger charge is -2.14. The first-order valence-electron chi connectivity index (χ1n) is 7.83. The molecule has 2 aromatic rings. The summed E-state index contributed by atoms with van der Waals surface area (Å²) in [7, 11) is -3.55. The van der Waals surface area contributed by atoms with E-state index in [2.05, 4.69) is 0 Å². The fraction of sp³-hybridized carbons (Fsp3) is 0.278. The molecule has 6 nitrogen and oxygen atoms in total. The van der Waals surface area contributed by atoms with Crippen LogP contribution in [0.25, 0.3) is 11.1 Å². The summed E-state index contributed by atoms with van der Waals surface area (Å²) in [6, 6.07) is 9.41. The van der Waals surface area contributed by atoms with Gasteiger partial charge in [0.2, 0.25) is 0 Å². The minimum absolute atomic E-state index is 0.121. The highest BCUT2D eigenvalue weighted by Crippen LogP contribution is 2.36. The monoisotopic (exact) mass is 398 g/mol. The summed E-state index contributed by atoms with van der Waals surface area (Å²) in [6.07, 6.45) is 0.148. The molecule has 8 heteroatoms. The van der Waals surface area contributed by atoms with Crippen molar-refractivity contribution in [2.24, 2.45) is 0 Å². The van der Waals surface area contributed by atoms with E-state index < -0.39 is 22.4 Å². The predicted octanol–water partition coefficient (Wildman–Crippen LogP) is 2.93. The number of ether oxygens (including phenoxy) is 1. The van der Waals surface area contributed by atoms with Crippen LogP contribution in [-0.2, 0) is 14.6 Å². The van der Waals surface area contributed by atoms with Crippen molar-refractivity contribution in [3.63, 3.8) is 0 Å². The second-order valence-electron chi connectivity index (χ2n) is 5.70. The topological polar surface area (TPSA) is 101 Å². The largest absolute Gasteiger partial charge is 0.481 e. The first kappa shape index (κ1) is 20.2. The van der Waals surface area contributed by atoms with Gasteiger partial charge in [0.05, 0.1) is 10.6 Å². The molecular formula is C18H19ClO6S. The van der Waals surface area contributed by atoms with Crippen LogP contribution in [0.4, 0.5) is 0 Å². The Hall–Kier alpha value is -2.09. The number of hydrogen-bond donors (Lipinski definition) is 2. The fourth-order valence-corrected chi connectivity index (χ4v) is 3.92. The zero-order valence-corrected chi connectivity index (χ0v) is 15.7. The van der Waals surface area contributed by atoms with Crippen LogP contribution in [0.3, 0.4) is 0 Å². The van der Waals surface area contributed by atoms with Crippen LogP contribution in [0.1, 0.15) is 12.0 Å². The van der Waals surface area contributed by atoms with Gasteiger partial charge in [-0.15, -0.1) is 0 Å². The van der Waals surface area contributed by atoms with Crippen molar-refractivity contribution in [2.45, 2.75) is 18.2 Å². The van der Waals surface area contributed by atoms with Gasteiger partial charge in [-0.2, -0.15) is 0 Å². The van der Waals surface area contributed by atoms with Crippen LogP contribution < -0.4 is 4.74 Å². The molecule has 0 spiro atoms. The molecule has 0 atom stereocenters. The van der Waals surface area contributed by atoms with Crippen molar-refractivity contribution < 1.29 is 28.2 Å². The molecule has 0 unspecified atom stereocenters. The van der Waals surface area contributed by atoms with Crippen LogP contribution in [0.15, 0.2) is 41.3 Å². The Morgan fingerprint density at radius 1 is 1.15 bits per heavy atom. The van der Waals surface area contributed by atoms with E-state index in [-0.39, 0.29) is 23.7 Å². The number of halogens is 1. The molecule has 26 heavy (non-hydrogen) atoms. The average molecular weight is 399 g/mol. The van der Waals surface area contributed by atoms with Crippen LogP contribution >= 0.6 is 11.6 Å². The van der Waals surface area contributed by atoms with Gasteiger partial charge >= 0.3 is 5.97 Å². The number of carbonyl (C=O) groups is 1. The van der Waals surface area contributed by atoms with E-state index in [4.69, 9.17) is 26.6 Å². The molecule has 0 heterocycles. The SMILES string of the molecule is Cc1ccc(S(=O)(=O)CCCO)cc1-c1cc(Cl)ccc1OCC(=O)O. The lowest BCUT2D eigenvalue weighted by molar-refractivity contribution is -0.139. The number of benzene rings is 2. The van der Waals surface area contributed by atoms with Gasteiger partial charge in [0.1, 0.15) is 5.75 Å². The quantitative estimate of drug-likeness (QED) is 0.709. The van der Waals surface area contributed by atoms with Crippen LogP contribution in [0.2, 0.25) is 5.02 Å². The molecule has 0 saturated carbocycles. The predicted molar refractivity (Wildman–Crippen MR) is 98.5 cm³/mol. The molecule has 0 saturated heterocycles. The highest BCUT2D eigenvalue weighted by Gasteiger charge is 2.18. The lowest BCUT2D eigenvalue weighted by Crippen LogP contribution is -2.10. The normalized spacial score (nSPS) is 11.3. The summed E-state index contributed by atoms with van der Waals surface area (Å²) < 4.78 is 30.1. The van der Waals surface area contributed by atoms with E-state index in [9.17, 15) is 13.2 Å². The smallest absolute Gasteiger partial charge is 0.341 e. The summed E-state index contributed by atoms with van der Waals surface area (Å²) in [5.74, 6) is -0.989. The molecule has 0 aliphatic heterocycles. The minimum atomic E-state index is -3.55. The number of carboxylic acids is 1.